The number of carbonyl (C=O) groups is 1. The molecule has 2 aromatic carbocycles. The van der Waals surface area contributed by atoms with Crippen molar-refractivity contribution in [2.24, 2.45) is 0 Å². The molecular weight excluding hydrogens is 381 g/mol. The average molecular weight is 402 g/mol. The van der Waals surface area contributed by atoms with Crippen molar-refractivity contribution in [1.29, 1.82) is 0 Å². The molecule has 1 aromatic heterocycles. The van der Waals surface area contributed by atoms with Crippen LogP contribution in [-0.2, 0) is 17.8 Å². The lowest BCUT2D eigenvalue weighted by Gasteiger charge is -2.18. The molecule has 0 N–H and O–H groups in total. The van der Waals surface area contributed by atoms with Crippen LogP contribution in [0.2, 0.25) is 10.0 Å². The van der Waals surface area contributed by atoms with Crippen molar-refractivity contribution in [1.82, 2.24) is 14.7 Å². The van der Waals surface area contributed by atoms with E-state index in [-0.39, 0.29) is 12.3 Å². The van der Waals surface area contributed by atoms with Crippen LogP contribution in [0.4, 0.5) is 0 Å². The fraction of sp³-hybridized carbons (Fsp3) is 0.238. The van der Waals surface area contributed by atoms with Crippen molar-refractivity contribution in [3.05, 3.63) is 81.1 Å². The Hall–Kier alpha value is -2.30. The smallest absolute Gasteiger partial charge is 0.227 e. The van der Waals surface area contributed by atoms with E-state index in [1.807, 2.05) is 48.9 Å². The summed E-state index contributed by atoms with van der Waals surface area (Å²) < 4.78 is 1.92. The molecule has 0 fully saturated rings. The van der Waals surface area contributed by atoms with Crippen molar-refractivity contribution in [2.75, 3.05) is 7.05 Å². The second kappa shape index (κ2) is 8.15. The molecule has 3 rings (SSSR count). The molecule has 0 saturated carbocycles. The Morgan fingerprint density at radius 2 is 1.81 bits per heavy atom. The van der Waals surface area contributed by atoms with E-state index in [4.69, 9.17) is 23.2 Å². The van der Waals surface area contributed by atoms with E-state index < -0.39 is 0 Å². The van der Waals surface area contributed by atoms with Crippen LogP contribution in [-0.4, -0.2) is 27.6 Å². The highest BCUT2D eigenvalue weighted by molar-refractivity contribution is 6.35. The number of halogens is 2. The van der Waals surface area contributed by atoms with Gasteiger partial charge in [-0.25, -0.2) is 4.68 Å². The van der Waals surface area contributed by atoms with Crippen LogP contribution in [0.25, 0.3) is 5.69 Å². The van der Waals surface area contributed by atoms with Gasteiger partial charge >= 0.3 is 0 Å². The summed E-state index contributed by atoms with van der Waals surface area (Å²) in [7, 11) is 1.80. The van der Waals surface area contributed by atoms with Crippen molar-refractivity contribution in [3.63, 3.8) is 0 Å². The lowest BCUT2D eigenvalue weighted by Crippen LogP contribution is -2.28. The fourth-order valence-electron chi connectivity index (χ4n) is 3.01. The molecule has 0 unspecified atom stereocenters. The summed E-state index contributed by atoms with van der Waals surface area (Å²) in [6.45, 7) is 4.49. The third kappa shape index (κ3) is 4.34. The topological polar surface area (TPSA) is 38.1 Å². The van der Waals surface area contributed by atoms with Gasteiger partial charge in [-0.1, -0.05) is 47.5 Å². The van der Waals surface area contributed by atoms with Gasteiger partial charge in [0.1, 0.15) is 0 Å². The Morgan fingerprint density at radius 1 is 1.11 bits per heavy atom. The first-order valence-electron chi connectivity index (χ1n) is 8.65. The maximum atomic E-state index is 12.7. The summed E-state index contributed by atoms with van der Waals surface area (Å²) in [6.07, 6.45) is 0.234. The summed E-state index contributed by atoms with van der Waals surface area (Å²) in [5, 5.41) is 5.71. The maximum absolute atomic E-state index is 12.7. The maximum Gasteiger partial charge on any atom is 0.227 e. The first kappa shape index (κ1) is 19.5. The number of nitrogens with zero attached hydrogens (tertiary/aromatic N) is 3. The van der Waals surface area contributed by atoms with Crippen LogP contribution in [0, 0.1) is 13.8 Å². The zero-order valence-corrected chi connectivity index (χ0v) is 17.1. The predicted octanol–water partition coefficient (Wildman–Crippen LogP) is 5.00. The Kier molecular flexibility index (Phi) is 5.88. The molecule has 3 aromatic rings. The number of rotatable bonds is 5. The van der Waals surface area contributed by atoms with Gasteiger partial charge in [-0.3, -0.25) is 4.79 Å². The molecule has 27 heavy (non-hydrogen) atoms. The first-order chi connectivity index (χ1) is 12.9. The van der Waals surface area contributed by atoms with E-state index in [1.165, 1.54) is 0 Å². The summed E-state index contributed by atoms with van der Waals surface area (Å²) in [6, 6.07) is 15.2. The number of aryl methyl sites for hydroxylation is 1. The molecule has 0 bridgehead atoms. The number of para-hydroxylation sites is 1. The van der Waals surface area contributed by atoms with Crippen molar-refractivity contribution < 1.29 is 4.79 Å². The van der Waals surface area contributed by atoms with Gasteiger partial charge in [0.15, 0.2) is 0 Å². The molecule has 4 nitrogen and oxygen atoms in total. The molecule has 0 radical (unpaired) electrons. The molecule has 0 saturated heterocycles. The number of amides is 1. The third-order valence-electron chi connectivity index (χ3n) is 4.62. The zero-order chi connectivity index (χ0) is 19.6. The SMILES string of the molecule is Cc1nn(-c2ccccc2)c(C)c1CN(C)C(=O)Cc1ccc(Cl)cc1Cl. The van der Waals surface area contributed by atoms with E-state index in [0.29, 0.717) is 16.6 Å². The summed E-state index contributed by atoms with van der Waals surface area (Å²) >= 11 is 12.1. The van der Waals surface area contributed by atoms with Crippen molar-refractivity contribution >= 4 is 29.1 Å². The summed E-state index contributed by atoms with van der Waals surface area (Å²) in [5.41, 5.74) is 4.78. The van der Waals surface area contributed by atoms with Crippen LogP contribution in [0.3, 0.4) is 0 Å². The quantitative estimate of drug-likeness (QED) is 0.603. The molecule has 0 aliphatic carbocycles. The molecule has 140 valence electrons. The second-order valence-corrected chi connectivity index (χ2v) is 7.40. The first-order valence-corrected chi connectivity index (χ1v) is 9.41. The van der Waals surface area contributed by atoms with Crippen LogP contribution in [0.5, 0.6) is 0 Å². The highest BCUT2D eigenvalue weighted by atomic mass is 35.5. The monoisotopic (exact) mass is 401 g/mol. The highest BCUT2D eigenvalue weighted by Gasteiger charge is 2.18. The minimum absolute atomic E-state index is 0.00881. The number of benzene rings is 2. The average Bonchev–Trinajstić information content (AvgIpc) is 2.93. The standard InChI is InChI=1S/C21H21Cl2N3O/c1-14-19(15(2)26(24-14)18-7-5-4-6-8-18)13-25(3)21(27)11-16-9-10-17(22)12-20(16)23/h4-10,12H,11,13H2,1-3H3. The van der Waals surface area contributed by atoms with E-state index in [2.05, 4.69) is 5.10 Å². The Bertz CT molecular complexity index is 967. The minimum Gasteiger partial charge on any atom is -0.341 e. The van der Waals surface area contributed by atoms with Gasteiger partial charge in [0, 0.05) is 34.9 Å². The van der Waals surface area contributed by atoms with E-state index >= 15 is 0 Å². The molecule has 0 aliphatic rings. The van der Waals surface area contributed by atoms with Gasteiger partial charge in [0.2, 0.25) is 5.91 Å². The Morgan fingerprint density at radius 3 is 2.48 bits per heavy atom. The number of carbonyl (C=O) groups excluding carboxylic acids is 1. The number of hydrogen-bond acceptors (Lipinski definition) is 2. The van der Waals surface area contributed by atoms with Gasteiger partial charge in [-0.15, -0.1) is 0 Å². The minimum atomic E-state index is -0.00881. The number of aromatic nitrogens is 2. The van der Waals surface area contributed by atoms with Gasteiger partial charge < -0.3 is 4.90 Å². The van der Waals surface area contributed by atoms with E-state index in [0.717, 1.165) is 28.2 Å². The Balaban J connectivity index is 1.77. The zero-order valence-electron chi connectivity index (χ0n) is 15.5. The summed E-state index contributed by atoms with van der Waals surface area (Å²) in [5.74, 6) is -0.00881. The van der Waals surface area contributed by atoms with E-state index in [1.54, 1.807) is 30.1 Å². The van der Waals surface area contributed by atoms with Crippen molar-refractivity contribution in [3.8, 4) is 5.69 Å². The third-order valence-corrected chi connectivity index (χ3v) is 5.21. The molecule has 6 heteroatoms. The van der Waals surface area contributed by atoms with E-state index in [9.17, 15) is 4.79 Å². The summed E-state index contributed by atoms with van der Waals surface area (Å²) in [4.78, 5) is 14.4. The molecule has 1 amide bonds. The normalized spacial score (nSPS) is 10.9. The van der Waals surface area contributed by atoms with Gasteiger partial charge in [-0.2, -0.15) is 5.10 Å². The Labute approximate surface area is 169 Å². The second-order valence-electron chi connectivity index (χ2n) is 6.56. The van der Waals surface area contributed by atoms with Gasteiger partial charge in [0.25, 0.3) is 0 Å². The fourth-order valence-corrected chi connectivity index (χ4v) is 3.49. The molecule has 0 atom stereocenters. The van der Waals surface area contributed by atoms with Gasteiger partial charge in [0.05, 0.1) is 17.8 Å². The largest absolute Gasteiger partial charge is 0.341 e. The molecule has 0 aliphatic heterocycles. The van der Waals surface area contributed by atoms with Gasteiger partial charge in [-0.05, 0) is 43.7 Å². The molecular formula is C21H21Cl2N3O. The van der Waals surface area contributed by atoms with Crippen LogP contribution in [0.15, 0.2) is 48.5 Å². The van der Waals surface area contributed by atoms with Crippen LogP contribution >= 0.6 is 23.2 Å². The lowest BCUT2D eigenvalue weighted by atomic mass is 10.1. The number of likely N-dealkylation sites (N-methyl/N-ethyl adjacent to an activating group) is 1. The number of hydrogen-bond donors (Lipinski definition) is 0. The predicted molar refractivity (Wildman–Crippen MR) is 110 cm³/mol. The lowest BCUT2D eigenvalue weighted by molar-refractivity contribution is -0.129. The molecule has 1 heterocycles. The molecule has 0 spiro atoms. The van der Waals surface area contributed by atoms with Crippen molar-refractivity contribution in [2.45, 2.75) is 26.8 Å². The highest BCUT2D eigenvalue weighted by Crippen LogP contribution is 2.23. The van der Waals surface area contributed by atoms with Crippen LogP contribution in [0.1, 0.15) is 22.5 Å². The van der Waals surface area contributed by atoms with Crippen LogP contribution < -0.4 is 0 Å².